The summed E-state index contributed by atoms with van der Waals surface area (Å²) in [6.07, 6.45) is 4.71. The van der Waals surface area contributed by atoms with Crippen molar-refractivity contribution in [2.45, 2.75) is 52.5 Å². The van der Waals surface area contributed by atoms with E-state index in [1.54, 1.807) is 12.1 Å². The lowest BCUT2D eigenvalue weighted by atomic mass is 9.99. The van der Waals surface area contributed by atoms with Gasteiger partial charge >= 0.3 is 0 Å². The van der Waals surface area contributed by atoms with E-state index in [9.17, 15) is 9.59 Å². The first-order valence-electron chi connectivity index (χ1n) is 9.86. The SMILES string of the molecule is CCCC[C@H](CC)CNC(=O)CCn1c(=S)[nH]c2cc3c(cc2c1=O)OCO3. The number of carbonyl (C=O) groups excluding carboxylic acids is 1. The Bertz CT molecular complexity index is 966. The van der Waals surface area contributed by atoms with E-state index < -0.39 is 0 Å². The van der Waals surface area contributed by atoms with Crippen molar-refractivity contribution in [2.75, 3.05) is 13.3 Å². The summed E-state index contributed by atoms with van der Waals surface area (Å²) in [5.74, 6) is 1.56. The van der Waals surface area contributed by atoms with Crippen LogP contribution in [0, 0.1) is 10.7 Å². The normalized spacial score (nSPS) is 13.6. The van der Waals surface area contributed by atoms with E-state index >= 15 is 0 Å². The highest BCUT2D eigenvalue weighted by atomic mass is 32.1. The van der Waals surface area contributed by atoms with E-state index in [2.05, 4.69) is 24.1 Å². The van der Waals surface area contributed by atoms with Gasteiger partial charge in [-0.05, 0) is 30.6 Å². The smallest absolute Gasteiger partial charge is 0.262 e. The van der Waals surface area contributed by atoms with Crippen LogP contribution in [0.5, 0.6) is 11.5 Å². The second-order valence-corrected chi connectivity index (χ2v) is 7.50. The maximum Gasteiger partial charge on any atom is 0.262 e. The van der Waals surface area contributed by atoms with E-state index in [0.29, 0.717) is 39.6 Å². The first-order chi connectivity index (χ1) is 13.5. The largest absolute Gasteiger partial charge is 0.454 e. The molecule has 7 nitrogen and oxygen atoms in total. The molecule has 1 aromatic carbocycles. The molecule has 28 heavy (non-hydrogen) atoms. The monoisotopic (exact) mass is 405 g/mol. The molecule has 0 saturated carbocycles. The van der Waals surface area contributed by atoms with Gasteiger partial charge in [0.25, 0.3) is 5.56 Å². The van der Waals surface area contributed by atoms with Gasteiger partial charge < -0.3 is 19.8 Å². The Labute approximate surface area is 169 Å². The zero-order valence-electron chi connectivity index (χ0n) is 16.4. The van der Waals surface area contributed by atoms with Gasteiger partial charge in [-0.15, -0.1) is 0 Å². The molecule has 1 amide bonds. The van der Waals surface area contributed by atoms with Crippen molar-refractivity contribution in [3.8, 4) is 11.5 Å². The quantitative estimate of drug-likeness (QED) is 0.624. The van der Waals surface area contributed by atoms with Gasteiger partial charge in [0, 0.05) is 25.6 Å². The van der Waals surface area contributed by atoms with E-state index in [1.165, 1.54) is 11.0 Å². The molecule has 152 valence electrons. The Morgan fingerprint density at radius 1 is 1.32 bits per heavy atom. The third-order valence-electron chi connectivity index (χ3n) is 5.17. The number of H-pyrrole nitrogens is 1. The van der Waals surface area contributed by atoms with Crippen molar-refractivity contribution >= 4 is 29.0 Å². The minimum Gasteiger partial charge on any atom is -0.454 e. The van der Waals surface area contributed by atoms with Crippen molar-refractivity contribution in [1.29, 1.82) is 0 Å². The van der Waals surface area contributed by atoms with Crippen LogP contribution in [0.2, 0.25) is 0 Å². The number of fused-ring (bicyclic) bond motifs is 2. The fourth-order valence-corrected chi connectivity index (χ4v) is 3.63. The van der Waals surface area contributed by atoms with Gasteiger partial charge in [0.05, 0.1) is 10.9 Å². The molecule has 1 aliphatic rings. The van der Waals surface area contributed by atoms with Crippen LogP contribution < -0.4 is 20.3 Å². The maximum atomic E-state index is 12.8. The number of nitrogens with zero attached hydrogens (tertiary/aromatic N) is 1. The average molecular weight is 406 g/mol. The second-order valence-electron chi connectivity index (χ2n) is 7.11. The number of hydrogen-bond acceptors (Lipinski definition) is 5. The van der Waals surface area contributed by atoms with Crippen LogP contribution >= 0.6 is 12.2 Å². The highest BCUT2D eigenvalue weighted by Gasteiger charge is 2.17. The average Bonchev–Trinajstić information content (AvgIpc) is 3.14. The molecular weight excluding hydrogens is 378 g/mol. The zero-order chi connectivity index (χ0) is 20.1. The Kier molecular flexibility index (Phi) is 6.72. The lowest BCUT2D eigenvalue weighted by Crippen LogP contribution is -2.31. The van der Waals surface area contributed by atoms with Crippen LogP contribution in [0.4, 0.5) is 0 Å². The predicted octanol–water partition coefficient (Wildman–Crippen LogP) is 3.51. The summed E-state index contributed by atoms with van der Waals surface area (Å²) >= 11 is 5.32. The summed E-state index contributed by atoms with van der Waals surface area (Å²) in [6.45, 7) is 5.36. The maximum absolute atomic E-state index is 12.8. The third kappa shape index (κ3) is 4.55. The molecule has 0 spiro atoms. The number of amides is 1. The molecule has 0 fully saturated rings. The number of hydrogen-bond donors (Lipinski definition) is 2. The summed E-state index contributed by atoms with van der Waals surface area (Å²) < 4.78 is 12.4. The standard InChI is InChI=1S/C20H27N3O4S/c1-3-5-6-13(4-2)11-21-18(24)7-8-23-19(25)14-9-16-17(27-12-26-16)10-15(14)22-20(23)28/h9-10,13H,3-8,11-12H2,1-2H3,(H,21,24)(H,22,28)/t13-/m0/s1. The molecule has 1 aliphatic heterocycles. The molecule has 1 atom stereocenters. The van der Waals surface area contributed by atoms with Crippen LogP contribution in [0.25, 0.3) is 10.9 Å². The van der Waals surface area contributed by atoms with Crippen molar-refractivity contribution < 1.29 is 14.3 Å². The molecule has 0 bridgehead atoms. The van der Waals surface area contributed by atoms with Gasteiger partial charge in [-0.1, -0.05) is 33.1 Å². The lowest BCUT2D eigenvalue weighted by molar-refractivity contribution is -0.121. The van der Waals surface area contributed by atoms with E-state index in [4.69, 9.17) is 21.7 Å². The molecule has 8 heteroatoms. The highest BCUT2D eigenvalue weighted by molar-refractivity contribution is 7.71. The molecule has 0 aliphatic carbocycles. The van der Waals surface area contributed by atoms with Crippen LogP contribution in [-0.4, -0.2) is 28.8 Å². The van der Waals surface area contributed by atoms with Gasteiger partial charge in [0.2, 0.25) is 12.7 Å². The Balaban J connectivity index is 1.67. The molecule has 1 aromatic heterocycles. The van der Waals surface area contributed by atoms with E-state index in [-0.39, 0.29) is 31.2 Å². The van der Waals surface area contributed by atoms with Gasteiger partial charge in [0.15, 0.2) is 16.3 Å². The molecule has 0 radical (unpaired) electrons. The van der Waals surface area contributed by atoms with Crippen LogP contribution in [0.3, 0.4) is 0 Å². The highest BCUT2D eigenvalue weighted by Crippen LogP contribution is 2.34. The number of unbranched alkanes of at least 4 members (excludes halogenated alkanes) is 1. The molecule has 2 aromatic rings. The Morgan fingerprint density at radius 3 is 2.79 bits per heavy atom. The Hall–Kier alpha value is -2.35. The minimum absolute atomic E-state index is 0.0676. The third-order valence-corrected chi connectivity index (χ3v) is 5.49. The number of aromatic nitrogens is 2. The van der Waals surface area contributed by atoms with Gasteiger partial charge in [-0.2, -0.15) is 0 Å². The molecule has 2 N–H and O–H groups in total. The van der Waals surface area contributed by atoms with Crippen molar-refractivity contribution in [3.05, 3.63) is 27.3 Å². The predicted molar refractivity (Wildman–Crippen MR) is 110 cm³/mol. The van der Waals surface area contributed by atoms with Crippen molar-refractivity contribution in [1.82, 2.24) is 14.9 Å². The van der Waals surface area contributed by atoms with E-state index in [1.807, 2.05) is 0 Å². The number of carbonyl (C=O) groups is 1. The van der Waals surface area contributed by atoms with Gasteiger partial charge in [-0.3, -0.25) is 14.2 Å². The van der Waals surface area contributed by atoms with Crippen LogP contribution in [0.1, 0.15) is 46.0 Å². The van der Waals surface area contributed by atoms with E-state index in [0.717, 1.165) is 19.3 Å². The molecule has 2 heterocycles. The zero-order valence-corrected chi connectivity index (χ0v) is 17.2. The number of benzene rings is 1. The first kappa shape index (κ1) is 20.4. The summed E-state index contributed by atoms with van der Waals surface area (Å²) in [5.41, 5.74) is 0.362. The number of nitrogens with one attached hydrogen (secondary N) is 2. The first-order valence-corrected chi connectivity index (χ1v) is 10.3. The van der Waals surface area contributed by atoms with Crippen LogP contribution in [-0.2, 0) is 11.3 Å². The molecular formula is C20H27N3O4S. The van der Waals surface area contributed by atoms with Crippen molar-refractivity contribution in [3.63, 3.8) is 0 Å². The topological polar surface area (TPSA) is 85.4 Å². The molecule has 0 saturated heterocycles. The summed E-state index contributed by atoms with van der Waals surface area (Å²) in [6, 6.07) is 3.37. The fourth-order valence-electron chi connectivity index (χ4n) is 3.35. The fraction of sp³-hybridized carbons (Fsp3) is 0.550. The number of rotatable bonds is 9. The van der Waals surface area contributed by atoms with Gasteiger partial charge in [0.1, 0.15) is 0 Å². The molecule has 3 rings (SSSR count). The second kappa shape index (κ2) is 9.23. The Morgan fingerprint density at radius 2 is 2.07 bits per heavy atom. The number of ether oxygens (including phenoxy) is 2. The summed E-state index contributed by atoms with van der Waals surface area (Å²) in [4.78, 5) is 28.1. The van der Waals surface area contributed by atoms with Crippen LogP contribution in [0.15, 0.2) is 16.9 Å². The number of aromatic amines is 1. The molecule has 0 unspecified atom stereocenters. The minimum atomic E-state index is -0.237. The lowest BCUT2D eigenvalue weighted by Gasteiger charge is -2.15. The van der Waals surface area contributed by atoms with Crippen molar-refractivity contribution in [2.24, 2.45) is 5.92 Å². The summed E-state index contributed by atoms with van der Waals surface area (Å²) in [7, 11) is 0. The summed E-state index contributed by atoms with van der Waals surface area (Å²) in [5, 5.41) is 3.45. The van der Waals surface area contributed by atoms with Gasteiger partial charge in [-0.25, -0.2) is 0 Å².